The second kappa shape index (κ2) is 5.95. The van der Waals surface area contributed by atoms with Crippen molar-refractivity contribution in [3.63, 3.8) is 0 Å². The van der Waals surface area contributed by atoms with Gasteiger partial charge in [-0.25, -0.2) is 9.37 Å². The molecular weight excluding hydrogens is 269 g/mol. The lowest BCUT2D eigenvalue weighted by molar-refractivity contribution is 0.132. The molecule has 0 saturated carbocycles. The SMILES string of the molecule is COC[C@H]1CN(Cc2cccc(F)c2)Cc2ncn(C)c21. The summed E-state index contributed by atoms with van der Waals surface area (Å²) in [7, 11) is 3.75. The molecule has 1 aromatic heterocycles. The van der Waals surface area contributed by atoms with Gasteiger partial charge in [0.2, 0.25) is 0 Å². The Morgan fingerprint density at radius 2 is 2.29 bits per heavy atom. The van der Waals surface area contributed by atoms with Gasteiger partial charge in [-0.1, -0.05) is 12.1 Å². The fourth-order valence-electron chi connectivity index (χ4n) is 3.15. The summed E-state index contributed by atoms with van der Waals surface area (Å²) in [6.07, 6.45) is 1.86. The normalized spacial score (nSPS) is 18.7. The van der Waals surface area contributed by atoms with E-state index in [0.717, 1.165) is 30.9 Å². The Morgan fingerprint density at radius 3 is 3.05 bits per heavy atom. The van der Waals surface area contributed by atoms with Crippen LogP contribution < -0.4 is 0 Å². The van der Waals surface area contributed by atoms with E-state index in [0.29, 0.717) is 12.5 Å². The van der Waals surface area contributed by atoms with Gasteiger partial charge in [0.1, 0.15) is 5.82 Å². The van der Waals surface area contributed by atoms with Crippen LogP contribution in [0.2, 0.25) is 0 Å². The van der Waals surface area contributed by atoms with Crippen molar-refractivity contribution in [2.24, 2.45) is 7.05 Å². The van der Waals surface area contributed by atoms with E-state index >= 15 is 0 Å². The quantitative estimate of drug-likeness (QED) is 0.865. The number of ether oxygens (including phenoxy) is 1. The molecule has 0 saturated heterocycles. The highest BCUT2D eigenvalue weighted by atomic mass is 19.1. The lowest BCUT2D eigenvalue weighted by Crippen LogP contribution is -2.35. The van der Waals surface area contributed by atoms with Crippen molar-refractivity contribution in [3.8, 4) is 0 Å². The van der Waals surface area contributed by atoms with Gasteiger partial charge in [-0.15, -0.1) is 0 Å². The Kier molecular flexibility index (Phi) is 4.03. The zero-order valence-corrected chi connectivity index (χ0v) is 12.4. The number of benzene rings is 1. The average molecular weight is 289 g/mol. The van der Waals surface area contributed by atoms with Crippen LogP contribution in [0, 0.1) is 5.82 Å². The lowest BCUT2D eigenvalue weighted by Gasteiger charge is -2.32. The van der Waals surface area contributed by atoms with E-state index < -0.39 is 0 Å². The Labute approximate surface area is 124 Å². The first-order chi connectivity index (χ1) is 10.2. The summed E-state index contributed by atoms with van der Waals surface area (Å²) in [6, 6.07) is 6.79. The van der Waals surface area contributed by atoms with E-state index in [4.69, 9.17) is 4.74 Å². The number of rotatable bonds is 4. The van der Waals surface area contributed by atoms with E-state index in [-0.39, 0.29) is 5.82 Å². The molecule has 0 bridgehead atoms. The Balaban J connectivity index is 1.80. The van der Waals surface area contributed by atoms with Gasteiger partial charge < -0.3 is 9.30 Å². The first-order valence-corrected chi connectivity index (χ1v) is 7.13. The van der Waals surface area contributed by atoms with Crippen LogP contribution in [0.4, 0.5) is 4.39 Å². The highest BCUT2D eigenvalue weighted by molar-refractivity contribution is 5.23. The zero-order chi connectivity index (χ0) is 14.8. The predicted octanol–water partition coefficient (Wildman–Crippen LogP) is 2.31. The fraction of sp³-hybridized carbons (Fsp3) is 0.438. The maximum atomic E-state index is 13.3. The molecule has 0 unspecified atom stereocenters. The minimum absolute atomic E-state index is 0.184. The molecule has 3 rings (SSSR count). The van der Waals surface area contributed by atoms with Crippen LogP contribution in [0.3, 0.4) is 0 Å². The molecule has 2 aromatic rings. The van der Waals surface area contributed by atoms with Gasteiger partial charge in [0.25, 0.3) is 0 Å². The molecule has 0 radical (unpaired) electrons. The van der Waals surface area contributed by atoms with E-state index in [1.807, 2.05) is 19.4 Å². The van der Waals surface area contributed by atoms with Gasteiger partial charge in [0.05, 0.1) is 18.6 Å². The van der Waals surface area contributed by atoms with Crippen LogP contribution in [0.1, 0.15) is 22.9 Å². The Morgan fingerprint density at radius 1 is 1.43 bits per heavy atom. The van der Waals surface area contributed by atoms with Crippen molar-refractivity contribution >= 4 is 0 Å². The van der Waals surface area contributed by atoms with Gasteiger partial charge in [-0.3, -0.25) is 4.90 Å². The molecule has 0 spiro atoms. The van der Waals surface area contributed by atoms with Gasteiger partial charge in [0.15, 0.2) is 0 Å². The summed E-state index contributed by atoms with van der Waals surface area (Å²) in [6.45, 7) is 3.10. The number of imidazole rings is 1. The third-order valence-corrected chi connectivity index (χ3v) is 3.96. The molecule has 112 valence electrons. The van der Waals surface area contributed by atoms with E-state index in [1.165, 1.54) is 11.8 Å². The number of halogens is 1. The number of fused-ring (bicyclic) bond motifs is 1. The largest absolute Gasteiger partial charge is 0.384 e. The van der Waals surface area contributed by atoms with E-state index in [9.17, 15) is 4.39 Å². The lowest BCUT2D eigenvalue weighted by atomic mass is 9.98. The van der Waals surface area contributed by atoms with Crippen molar-refractivity contribution in [1.29, 1.82) is 0 Å². The monoisotopic (exact) mass is 289 g/mol. The number of aryl methyl sites for hydroxylation is 1. The van der Waals surface area contributed by atoms with Crippen molar-refractivity contribution in [2.75, 3.05) is 20.3 Å². The van der Waals surface area contributed by atoms with Crippen LogP contribution >= 0.6 is 0 Å². The molecule has 0 aliphatic carbocycles. The Bertz CT molecular complexity index is 626. The summed E-state index contributed by atoms with van der Waals surface area (Å²) < 4.78 is 20.7. The summed E-state index contributed by atoms with van der Waals surface area (Å²) in [5.74, 6) is 0.122. The van der Waals surface area contributed by atoms with Crippen LogP contribution in [-0.4, -0.2) is 34.7 Å². The molecule has 2 heterocycles. The average Bonchev–Trinajstić information content (AvgIpc) is 2.81. The maximum Gasteiger partial charge on any atom is 0.123 e. The molecule has 1 atom stereocenters. The number of aromatic nitrogens is 2. The number of hydrogen-bond acceptors (Lipinski definition) is 3. The number of methoxy groups -OCH3 is 1. The smallest absolute Gasteiger partial charge is 0.123 e. The molecule has 21 heavy (non-hydrogen) atoms. The summed E-state index contributed by atoms with van der Waals surface area (Å²) in [4.78, 5) is 6.79. The topological polar surface area (TPSA) is 30.3 Å². The van der Waals surface area contributed by atoms with Crippen molar-refractivity contribution in [3.05, 3.63) is 53.4 Å². The zero-order valence-electron chi connectivity index (χ0n) is 12.4. The van der Waals surface area contributed by atoms with Crippen LogP contribution in [-0.2, 0) is 24.9 Å². The van der Waals surface area contributed by atoms with Gasteiger partial charge in [-0.05, 0) is 17.7 Å². The second-order valence-corrected chi connectivity index (χ2v) is 5.64. The molecule has 0 N–H and O–H groups in total. The Hall–Kier alpha value is -1.72. The van der Waals surface area contributed by atoms with Gasteiger partial charge in [-0.2, -0.15) is 0 Å². The summed E-state index contributed by atoms with van der Waals surface area (Å²) in [5, 5.41) is 0. The van der Waals surface area contributed by atoms with Crippen molar-refractivity contribution in [1.82, 2.24) is 14.5 Å². The summed E-state index contributed by atoms with van der Waals surface area (Å²) >= 11 is 0. The van der Waals surface area contributed by atoms with Crippen molar-refractivity contribution < 1.29 is 9.13 Å². The van der Waals surface area contributed by atoms with Crippen LogP contribution in [0.15, 0.2) is 30.6 Å². The molecule has 1 aromatic carbocycles. The first kappa shape index (κ1) is 14.2. The molecular formula is C16H20FN3O. The fourth-order valence-corrected chi connectivity index (χ4v) is 3.15. The minimum Gasteiger partial charge on any atom is -0.384 e. The molecule has 1 aliphatic rings. The molecule has 0 amide bonds. The number of nitrogens with zero attached hydrogens (tertiary/aromatic N) is 3. The third kappa shape index (κ3) is 2.99. The first-order valence-electron chi connectivity index (χ1n) is 7.13. The second-order valence-electron chi connectivity index (χ2n) is 5.64. The highest BCUT2D eigenvalue weighted by Crippen LogP contribution is 2.28. The van der Waals surface area contributed by atoms with E-state index in [2.05, 4.69) is 14.5 Å². The highest BCUT2D eigenvalue weighted by Gasteiger charge is 2.28. The minimum atomic E-state index is -0.184. The molecule has 1 aliphatic heterocycles. The molecule has 0 fully saturated rings. The van der Waals surface area contributed by atoms with Crippen LogP contribution in [0.25, 0.3) is 0 Å². The number of hydrogen-bond donors (Lipinski definition) is 0. The van der Waals surface area contributed by atoms with E-state index in [1.54, 1.807) is 19.2 Å². The van der Waals surface area contributed by atoms with Crippen molar-refractivity contribution in [2.45, 2.75) is 19.0 Å². The molecule has 4 nitrogen and oxygen atoms in total. The van der Waals surface area contributed by atoms with Gasteiger partial charge in [0, 0.05) is 45.4 Å². The van der Waals surface area contributed by atoms with Crippen LogP contribution in [0.5, 0.6) is 0 Å². The maximum absolute atomic E-state index is 13.3. The summed E-state index contributed by atoms with van der Waals surface area (Å²) in [5.41, 5.74) is 3.35. The standard InChI is InChI=1S/C16H20FN3O/c1-19-11-18-15-9-20(8-13(10-21-2)16(15)19)7-12-4-3-5-14(17)6-12/h3-6,11,13H,7-10H2,1-2H3/t13-/m1/s1. The van der Waals surface area contributed by atoms with Gasteiger partial charge >= 0.3 is 0 Å². The molecule has 5 heteroatoms. The predicted molar refractivity (Wildman–Crippen MR) is 78.3 cm³/mol. The third-order valence-electron chi connectivity index (χ3n) is 3.96.